The zero-order chi connectivity index (χ0) is 16.9. The molecule has 1 N–H and O–H groups in total. The van der Waals surface area contributed by atoms with Crippen molar-refractivity contribution in [3.05, 3.63) is 18.2 Å². The molecule has 7 heteroatoms. The van der Waals surface area contributed by atoms with Crippen molar-refractivity contribution in [2.45, 2.75) is 38.2 Å². The number of amides is 2. The van der Waals surface area contributed by atoms with Crippen LogP contribution in [-0.2, 0) is 27.8 Å². The standard InChI is InChI=1S/C17H26N4O3/c1-20-11-8-18-15(20)4-7-19-16(22)13-5-9-21(10-6-13)17(23)14-3-2-12-24-14/h8,11,13-14H,2-7,9-10,12H2,1H3,(H,19,22)/t14-/m0/s1. The molecule has 0 spiro atoms. The molecule has 0 aliphatic carbocycles. The number of likely N-dealkylation sites (tertiary alicyclic amines) is 1. The Balaban J connectivity index is 1.38. The van der Waals surface area contributed by atoms with Crippen LogP contribution in [0, 0.1) is 5.92 Å². The second-order valence-electron chi connectivity index (χ2n) is 6.60. The van der Waals surface area contributed by atoms with Crippen molar-refractivity contribution in [2.75, 3.05) is 26.2 Å². The van der Waals surface area contributed by atoms with Crippen molar-refractivity contribution in [3.8, 4) is 0 Å². The molecule has 2 amide bonds. The van der Waals surface area contributed by atoms with Crippen LogP contribution in [0.5, 0.6) is 0 Å². The number of hydrogen-bond donors (Lipinski definition) is 1. The number of piperidine rings is 1. The summed E-state index contributed by atoms with van der Waals surface area (Å²) in [6.45, 7) is 2.58. The Hall–Kier alpha value is -1.89. The number of carbonyl (C=O) groups is 2. The first-order chi connectivity index (χ1) is 11.6. The van der Waals surface area contributed by atoms with E-state index in [1.165, 1.54) is 0 Å². The first kappa shape index (κ1) is 17.0. The number of imidazole rings is 1. The first-order valence-electron chi connectivity index (χ1n) is 8.79. The predicted molar refractivity (Wildman–Crippen MR) is 88.2 cm³/mol. The highest BCUT2D eigenvalue weighted by Crippen LogP contribution is 2.21. The Bertz CT molecular complexity index is 572. The highest BCUT2D eigenvalue weighted by Gasteiger charge is 2.32. The molecule has 3 rings (SSSR count). The molecule has 0 unspecified atom stereocenters. The van der Waals surface area contributed by atoms with Gasteiger partial charge in [0.15, 0.2) is 0 Å². The molecule has 1 aromatic rings. The summed E-state index contributed by atoms with van der Waals surface area (Å²) in [5.74, 6) is 1.15. The summed E-state index contributed by atoms with van der Waals surface area (Å²) < 4.78 is 7.42. The molecule has 0 radical (unpaired) electrons. The van der Waals surface area contributed by atoms with Crippen LogP contribution in [0.15, 0.2) is 12.4 Å². The fourth-order valence-corrected chi connectivity index (χ4v) is 3.42. The fraction of sp³-hybridized carbons (Fsp3) is 0.706. The number of nitrogens with zero attached hydrogens (tertiary/aromatic N) is 3. The molecule has 2 aliphatic heterocycles. The summed E-state index contributed by atoms with van der Waals surface area (Å²) in [7, 11) is 1.95. The molecular formula is C17H26N4O3. The van der Waals surface area contributed by atoms with Crippen molar-refractivity contribution in [1.82, 2.24) is 19.8 Å². The van der Waals surface area contributed by atoms with Gasteiger partial charge in [0.1, 0.15) is 11.9 Å². The summed E-state index contributed by atoms with van der Waals surface area (Å²) >= 11 is 0. The average molecular weight is 334 g/mol. The van der Waals surface area contributed by atoms with Crippen LogP contribution in [0.2, 0.25) is 0 Å². The van der Waals surface area contributed by atoms with Gasteiger partial charge in [-0.3, -0.25) is 9.59 Å². The molecule has 0 bridgehead atoms. The van der Waals surface area contributed by atoms with Crippen molar-refractivity contribution in [2.24, 2.45) is 13.0 Å². The summed E-state index contributed by atoms with van der Waals surface area (Å²) in [5, 5.41) is 3.00. The van der Waals surface area contributed by atoms with E-state index in [1.54, 1.807) is 6.20 Å². The maximum atomic E-state index is 12.3. The lowest BCUT2D eigenvalue weighted by molar-refractivity contribution is -0.143. The lowest BCUT2D eigenvalue weighted by Crippen LogP contribution is -2.46. The van der Waals surface area contributed by atoms with Crippen LogP contribution in [0.3, 0.4) is 0 Å². The molecule has 3 heterocycles. The molecule has 24 heavy (non-hydrogen) atoms. The molecule has 2 saturated heterocycles. The Kier molecular flexibility index (Phi) is 5.50. The second-order valence-corrected chi connectivity index (χ2v) is 6.60. The highest BCUT2D eigenvalue weighted by atomic mass is 16.5. The Morgan fingerprint density at radius 2 is 2.12 bits per heavy atom. The molecule has 132 valence electrons. The van der Waals surface area contributed by atoms with Crippen molar-refractivity contribution < 1.29 is 14.3 Å². The van der Waals surface area contributed by atoms with E-state index in [-0.39, 0.29) is 23.8 Å². The molecule has 0 aromatic carbocycles. The van der Waals surface area contributed by atoms with Gasteiger partial charge in [0.25, 0.3) is 5.91 Å². The minimum absolute atomic E-state index is 0.0000761. The van der Waals surface area contributed by atoms with Crippen LogP contribution in [0.25, 0.3) is 0 Å². The number of aryl methyl sites for hydroxylation is 1. The molecule has 0 saturated carbocycles. The van der Waals surface area contributed by atoms with Gasteiger partial charge < -0.3 is 19.5 Å². The van der Waals surface area contributed by atoms with E-state index in [0.717, 1.165) is 37.9 Å². The first-order valence-corrected chi connectivity index (χ1v) is 8.79. The third kappa shape index (κ3) is 3.95. The smallest absolute Gasteiger partial charge is 0.251 e. The van der Waals surface area contributed by atoms with E-state index in [9.17, 15) is 9.59 Å². The van der Waals surface area contributed by atoms with Gasteiger partial charge in [-0.15, -0.1) is 0 Å². The van der Waals surface area contributed by atoms with Gasteiger partial charge in [-0.1, -0.05) is 0 Å². The van der Waals surface area contributed by atoms with E-state index < -0.39 is 0 Å². The maximum absolute atomic E-state index is 12.3. The zero-order valence-corrected chi connectivity index (χ0v) is 14.2. The van der Waals surface area contributed by atoms with Crippen LogP contribution in [-0.4, -0.2) is 58.6 Å². The van der Waals surface area contributed by atoms with Gasteiger partial charge >= 0.3 is 0 Å². The Morgan fingerprint density at radius 1 is 1.33 bits per heavy atom. The quantitative estimate of drug-likeness (QED) is 0.850. The van der Waals surface area contributed by atoms with Gasteiger partial charge in [0.2, 0.25) is 5.91 Å². The van der Waals surface area contributed by atoms with E-state index in [4.69, 9.17) is 4.74 Å². The lowest BCUT2D eigenvalue weighted by Gasteiger charge is -2.32. The number of ether oxygens (including phenoxy) is 1. The van der Waals surface area contributed by atoms with E-state index in [2.05, 4.69) is 10.3 Å². The topological polar surface area (TPSA) is 76.5 Å². The van der Waals surface area contributed by atoms with Crippen LogP contribution in [0.4, 0.5) is 0 Å². The zero-order valence-electron chi connectivity index (χ0n) is 14.2. The van der Waals surface area contributed by atoms with Crippen molar-refractivity contribution in [1.29, 1.82) is 0 Å². The third-order valence-corrected chi connectivity index (χ3v) is 4.95. The van der Waals surface area contributed by atoms with Crippen molar-refractivity contribution in [3.63, 3.8) is 0 Å². The van der Waals surface area contributed by atoms with E-state index in [0.29, 0.717) is 26.2 Å². The predicted octanol–water partition coefficient (Wildman–Crippen LogP) is 0.496. The largest absolute Gasteiger partial charge is 0.368 e. The number of nitrogens with one attached hydrogen (secondary N) is 1. The van der Waals surface area contributed by atoms with Gasteiger partial charge in [-0.05, 0) is 25.7 Å². The SMILES string of the molecule is Cn1ccnc1CCNC(=O)C1CCN(C(=O)[C@@H]2CCCO2)CC1. The van der Waals surface area contributed by atoms with Crippen LogP contribution < -0.4 is 5.32 Å². The fourth-order valence-electron chi connectivity index (χ4n) is 3.42. The van der Waals surface area contributed by atoms with Gasteiger partial charge in [-0.2, -0.15) is 0 Å². The monoisotopic (exact) mass is 334 g/mol. The number of rotatable bonds is 5. The van der Waals surface area contributed by atoms with Gasteiger partial charge in [0.05, 0.1) is 0 Å². The minimum Gasteiger partial charge on any atom is -0.368 e. The number of aromatic nitrogens is 2. The third-order valence-electron chi connectivity index (χ3n) is 4.95. The summed E-state index contributed by atoms with van der Waals surface area (Å²) in [6.07, 6.45) is 7.38. The van der Waals surface area contributed by atoms with E-state index >= 15 is 0 Å². The maximum Gasteiger partial charge on any atom is 0.251 e. The van der Waals surface area contributed by atoms with Crippen LogP contribution >= 0.6 is 0 Å². The Labute approximate surface area is 142 Å². The molecular weight excluding hydrogens is 308 g/mol. The number of carbonyl (C=O) groups excluding carboxylic acids is 2. The van der Waals surface area contributed by atoms with Gasteiger partial charge in [-0.25, -0.2) is 4.98 Å². The molecule has 2 aliphatic rings. The molecule has 2 fully saturated rings. The van der Waals surface area contributed by atoms with Gasteiger partial charge in [0, 0.05) is 58.0 Å². The summed E-state index contributed by atoms with van der Waals surface area (Å²) in [5.41, 5.74) is 0. The molecule has 1 atom stereocenters. The molecule has 1 aromatic heterocycles. The van der Waals surface area contributed by atoms with E-state index in [1.807, 2.05) is 22.7 Å². The average Bonchev–Trinajstić information content (AvgIpc) is 3.26. The molecule has 7 nitrogen and oxygen atoms in total. The lowest BCUT2D eigenvalue weighted by atomic mass is 9.95. The summed E-state index contributed by atoms with van der Waals surface area (Å²) in [6, 6.07) is 0. The second kappa shape index (κ2) is 7.79. The van der Waals surface area contributed by atoms with Crippen molar-refractivity contribution >= 4 is 11.8 Å². The number of hydrogen-bond acceptors (Lipinski definition) is 4. The Morgan fingerprint density at radius 3 is 2.75 bits per heavy atom. The summed E-state index contributed by atoms with van der Waals surface area (Å²) in [4.78, 5) is 30.7. The van der Waals surface area contributed by atoms with Crippen LogP contribution in [0.1, 0.15) is 31.5 Å². The minimum atomic E-state index is -0.256. The normalized spacial score (nSPS) is 21.9. The highest BCUT2D eigenvalue weighted by molar-refractivity contribution is 5.82.